The number of hydrogen-bond acceptors (Lipinski definition) is 5. The van der Waals surface area contributed by atoms with E-state index < -0.39 is 6.10 Å². The predicted octanol–water partition coefficient (Wildman–Crippen LogP) is 11.1. The molecule has 0 heterocycles. The van der Waals surface area contributed by atoms with Gasteiger partial charge in [-0.3, -0.25) is 9.59 Å². The number of aliphatic hydroxyl groups is 1. The van der Waals surface area contributed by atoms with Crippen LogP contribution >= 0.6 is 0 Å². The number of carbonyl (C=O) groups is 2. The number of aliphatic hydroxyl groups excluding tert-OH is 1. The Morgan fingerprint density at radius 3 is 1.48 bits per heavy atom. The fourth-order valence-electron chi connectivity index (χ4n) is 4.90. The SMILES string of the molecule is CC/C=C\C/C=C\C/C=C\C/C=C\CCCCCCC(=O)O[C@@H](CO)COC(=O)CCCCCCCCCCCCCCC. The third kappa shape index (κ3) is 32.8. The number of ether oxygens (including phenoxy) is 2. The van der Waals surface area contributed by atoms with E-state index in [-0.39, 0.29) is 25.2 Å². The molecule has 1 N–H and O–H groups in total. The van der Waals surface area contributed by atoms with Crippen LogP contribution in [0.3, 0.4) is 0 Å². The monoisotopic (exact) mass is 617 g/mol. The van der Waals surface area contributed by atoms with Crippen molar-refractivity contribution in [3.8, 4) is 0 Å². The zero-order valence-corrected chi connectivity index (χ0v) is 28.7. The first-order chi connectivity index (χ1) is 21.6. The third-order valence-corrected chi connectivity index (χ3v) is 7.64. The minimum atomic E-state index is -0.781. The van der Waals surface area contributed by atoms with E-state index >= 15 is 0 Å². The molecule has 254 valence electrons. The van der Waals surface area contributed by atoms with Crippen LogP contribution in [-0.2, 0) is 19.1 Å². The molecule has 44 heavy (non-hydrogen) atoms. The van der Waals surface area contributed by atoms with Gasteiger partial charge in [0.1, 0.15) is 6.61 Å². The van der Waals surface area contributed by atoms with Crippen LogP contribution in [0.1, 0.15) is 168 Å². The summed E-state index contributed by atoms with van der Waals surface area (Å²) in [5.41, 5.74) is 0. The maximum Gasteiger partial charge on any atom is 0.306 e. The Balaban J connectivity index is 3.63. The van der Waals surface area contributed by atoms with E-state index in [1.54, 1.807) is 0 Å². The van der Waals surface area contributed by atoms with Crippen molar-refractivity contribution in [2.45, 2.75) is 174 Å². The molecule has 0 aliphatic rings. The zero-order valence-electron chi connectivity index (χ0n) is 28.7. The van der Waals surface area contributed by atoms with Crippen LogP contribution in [0.5, 0.6) is 0 Å². The number of allylic oxidation sites excluding steroid dienone is 8. The molecule has 0 saturated carbocycles. The van der Waals surface area contributed by atoms with Crippen LogP contribution in [0, 0.1) is 0 Å². The highest BCUT2D eigenvalue weighted by molar-refractivity contribution is 5.70. The van der Waals surface area contributed by atoms with Crippen molar-refractivity contribution in [3.63, 3.8) is 0 Å². The first kappa shape index (κ1) is 41.9. The summed E-state index contributed by atoms with van der Waals surface area (Å²) in [6, 6.07) is 0. The van der Waals surface area contributed by atoms with E-state index in [0.717, 1.165) is 77.0 Å². The Bertz CT molecular complexity index is 752. The number of rotatable bonds is 32. The summed E-state index contributed by atoms with van der Waals surface area (Å²) in [6.45, 7) is 3.99. The summed E-state index contributed by atoms with van der Waals surface area (Å²) in [4.78, 5) is 24.2. The molecule has 0 aromatic carbocycles. The molecule has 0 rings (SSSR count). The van der Waals surface area contributed by atoms with Crippen LogP contribution < -0.4 is 0 Å². The van der Waals surface area contributed by atoms with Gasteiger partial charge in [0.05, 0.1) is 6.61 Å². The molecule has 0 saturated heterocycles. The van der Waals surface area contributed by atoms with Crippen molar-refractivity contribution in [3.05, 3.63) is 48.6 Å². The molecule has 0 unspecified atom stereocenters. The molecule has 0 bridgehead atoms. The second kappa shape index (κ2) is 35.3. The third-order valence-electron chi connectivity index (χ3n) is 7.64. The lowest BCUT2D eigenvalue weighted by Crippen LogP contribution is -2.28. The normalized spacial score (nSPS) is 12.7. The summed E-state index contributed by atoms with van der Waals surface area (Å²) < 4.78 is 10.6. The van der Waals surface area contributed by atoms with E-state index in [4.69, 9.17) is 9.47 Å². The zero-order chi connectivity index (χ0) is 32.2. The van der Waals surface area contributed by atoms with Gasteiger partial charge in [0.15, 0.2) is 6.10 Å². The molecular weight excluding hydrogens is 548 g/mol. The van der Waals surface area contributed by atoms with Gasteiger partial charge < -0.3 is 14.6 Å². The Morgan fingerprint density at radius 2 is 0.977 bits per heavy atom. The van der Waals surface area contributed by atoms with Crippen molar-refractivity contribution >= 4 is 11.9 Å². The molecule has 0 aromatic heterocycles. The largest absolute Gasteiger partial charge is 0.462 e. The second-order valence-electron chi connectivity index (χ2n) is 11.9. The van der Waals surface area contributed by atoms with Crippen LogP contribution in [0.15, 0.2) is 48.6 Å². The van der Waals surface area contributed by atoms with E-state index in [9.17, 15) is 14.7 Å². The summed E-state index contributed by atoms with van der Waals surface area (Å²) in [6.07, 6.45) is 43.0. The molecular formula is C39H68O5. The predicted molar refractivity (Wildman–Crippen MR) is 187 cm³/mol. The van der Waals surface area contributed by atoms with Crippen molar-refractivity contribution in [2.24, 2.45) is 0 Å². The van der Waals surface area contributed by atoms with Gasteiger partial charge in [0, 0.05) is 12.8 Å². The molecule has 0 aromatic rings. The van der Waals surface area contributed by atoms with Gasteiger partial charge >= 0.3 is 11.9 Å². The smallest absolute Gasteiger partial charge is 0.306 e. The van der Waals surface area contributed by atoms with Crippen LogP contribution in [0.4, 0.5) is 0 Å². The Labute approximate surface area is 271 Å². The standard InChI is InChI=1S/C39H68O5/c1-3-5-7-9-11-13-15-17-18-19-20-22-24-26-28-30-32-34-39(42)44-37(35-40)36-43-38(41)33-31-29-27-25-23-21-16-14-12-10-8-6-4-2/h5,7,11,13,17-18,20,22,37,40H,3-4,6,8-10,12,14-16,19,21,23-36H2,1-2H3/b7-5-,13-11-,18-17-,22-20-/t37-/m0/s1. The first-order valence-corrected chi connectivity index (χ1v) is 18.2. The van der Waals surface area contributed by atoms with Gasteiger partial charge in [-0.25, -0.2) is 0 Å². The Hall–Kier alpha value is -2.14. The highest BCUT2D eigenvalue weighted by atomic mass is 16.6. The lowest BCUT2D eigenvalue weighted by atomic mass is 10.0. The molecule has 5 heteroatoms. The minimum Gasteiger partial charge on any atom is -0.462 e. The summed E-state index contributed by atoms with van der Waals surface area (Å²) in [5.74, 6) is -0.619. The first-order valence-electron chi connectivity index (χ1n) is 18.2. The fourth-order valence-corrected chi connectivity index (χ4v) is 4.90. The van der Waals surface area contributed by atoms with E-state index in [1.807, 2.05) is 0 Å². The Morgan fingerprint density at radius 1 is 0.545 bits per heavy atom. The van der Waals surface area contributed by atoms with Crippen molar-refractivity contribution in [1.82, 2.24) is 0 Å². The molecule has 5 nitrogen and oxygen atoms in total. The lowest BCUT2D eigenvalue weighted by Gasteiger charge is -2.15. The number of esters is 2. The van der Waals surface area contributed by atoms with Crippen LogP contribution in [0.2, 0.25) is 0 Å². The molecule has 0 radical (unpaired) electrons. The number of hydrogen-bond donors (Lipinski definition) is 1. The second-order valence-corrected chi connectivity index (χ2v) is 11.9. The lowest BCUT2D eigenvalue weighted by molar-refractivity contribution is -0.161. The summed E-state index contributed by atoms with van der Waals surface area (Å²) in [7, 11) is 0. The van der Waals surface area contributed by atoms with Crippen LogP contribution in [-0.4, -0.2) is 36.4 Å². The van der Waals surface area contributed by atoms with E-state index in [0.29, 0.717) is 12.8 Å². The van der Waals surface area contributed by atoms with Gasteiger partial charge in [-0.1, -0.05) is 152 Å². The van der Waals surface area contributed by atoms with Crippen molar-refractivity contribution in [2.75, 3.05) is 13.2 Å². The average Bonchev–Trinajstić information content (AvgIpc) is 3.02. The molecule has 0 aliphatic carbocycles. The van der Waals surface area contributed by atoms with Gasteiger partial charge in [-0.15, -0.1) is 0 Å². The quantitative estimate of drug-likeness (QED) is 0.0462. The highest BCUT2D eigenvalue weighted by Crippen LogP contribution is 2.13. The van der Waals surface area contributed by atoms with E-state index in [1.165, 1.54) is 64.2 Å². The number of carbonyl (C=O) groups excluding carboxylic acids is 2. The molecule has 0 spiro atoms. The minimum absolute atomic E-state index is 0.0750. The van der Waals surface area contributed by atoms with Crippen LogP contribution in [0.25, 0.3) is 0 Å². The van der Waals surface area contributed by atoms with E-state index in [2.05, 4.69) is 62.5 Å². The highest BCUT2D eigenvalue weighted by Gasteiger charge is 2.16. The van der Waals surface area contributed by atoms with Gasteiger partial charge in [-0.05, 0) is 51.4 Å². The maximum atomic E-state index is 12.1. The molecule has 0 fully saturated rings. The fraction of sp³-hybridized carbons (Fsp3) is 0.744. The maximum absolute atomic E-state index is 12.1. The molecule has 0 aliphatic heterocycles. The average molecular weight is 617 g/mol. The molecule has 0 amide bonds. The van der Waals surface area contributed by atoms with Gasteiger partial charge in [-0.2, -0.15) is 0 Å². The Kier molecular flexibility index (Phi) is 33.6. The summed E-state index contributed by atoms with van der Waals surface area (Å²) in [5, 5.41) is 9.52. The topological polar surface area (TPSA) is 72.8 Å². The summed E-state index contributed by atoms with van der Waals surface area (Å²) >= 11 is 0. The van der Waals surface area contributed by atoms with Crippen molar-refractivity contribution < 1.29 is 24.2 Å². The molecule has 1 atom stereocenters. The van der Waals surface area contributed by atoms with Crippen molar-refractivity contribution in [1.29, 1.82) is 0 Å². The number of unbranched alkanes of at least 4 members (excludes halogenated alkanes) is 16. The van der Waals surface area contributed by atoms with Gasteiger partial charge in [0.2, 0.25) is 0 Å². The van der Waals surface area contributed by atoms with Gasteiger partial charge in [0.25, 0.3) is 0 Å².